The van der Waals surface area contributed by atoms with Gasteiger partial charge in [-0.05, 0) is 61.0 Å². The highest BCUT2D eigenvalue weighted by atomic mass is 35.5. The molecule has 0 radical (unpaired) electrons. The third-order valence-electron chi connectivity index (χ3n) is 4.48. The molecule has 0 N–H and O–H groups in total. The summed E-state index contributed by atoms with van der Waals surface area (Å²) >= 11 is 12.2. The normalized spacial score (nSPS) is 15.2. The van der Waals surface area contributed by atoms with Crippen LogP contribution in [0.2, 0.25) is 10.0 Å². The summed E-state index contributed by atoms with van der Waals surface area (Å²) in [5.74, 6) is -0.223. The molecule has 0 aliphatic carbocycles. The first-order chi connectivity index (χ1) is 13.9. The molecule has 6 heteroatoms. The quantitative estimate of drug-likeness (QED) is 0.455. The number of hydrogen-bond donors (Lipinski definition) is 0. The third kappa shape index (κ3) is 3.95. The Hall–Kier alpha value is -2.95. The maximum atomic E-state index is 13.4. The van der Waals surface area contributed by atoms with Gasteiger partial charge in [0.2, 0.25) is 0 Å². The summed E-state index contributed by atoms with van der Waals surface area (Å²) in [7, 11) is 0. The van der Waals surface area contributed by atoms with Gasteiger partial charge in [-0.25, -0.2) is 9.38 Å². The Morgan fingerprint density at radius 2 is 1.76 bits per heavy atom. The minimum Gasteiger partial charge on any atom is -0.266 e. The van der Waals surface area contributed by atoms with Crippen molar-refractivity contribution in [1.82, 2.24) is 0 Å². The number of rotatable bonds is 3. The van der Waals surface area contributed by atoms with E-state index in [1.54, 1.807) is 36.4 Å². The van der Waals surface area contributed by atoms with Crippen LogP contribution in [0.4, 0.5) is 10.1 Å². The maximum Gasteiger partial charge on any atom is 0.282 e. The topological polar surface area (TPSA) is 32.7 Å². The average molecular weight is 425 g/mol. The number of amidine groups is 1. The van der Waals surface area contributed by atoms with Crippen molar-refractivity contribution >= 4 is 46.7 Å². The number of aryl methyl sites for hydroxylation is 1. The zero-order chi connectivity index (χ0) is 20.5. The van der Waals surface area contributed by atoms with Crippen LogP contribution in [-0.4, -0.2) is 11.7 Å². The number of anilines is 1. The standard InChI is InChI=1S/C23H15Cl2FN2O/c1-14-3-2-4-16(11-14)22-27-21(12-15-5-6-17(24)13-20(15)25)23(29)28(22)19-9-7-18(26)8-10-19/h2-13H,1H3/b21-12+. The molecule has 1 heterocycles. The number of amides is 1. The Bertz CT molecular complexity index is 1170. The van der Waals surface area contributed by atoms with E-state index in [-0.39, 0.29) is 17.4 Å². The van der Waals surface area contributed by atoms with Crippen molar-refractivity contribution < 1.29 is 9.18 Å². The zero-order valence-electron chi connectivity index (χ0n) is 15.4. The highest BCUT2D eigenvalue weighted by molar-refractivity contribution is 6.36. The number of halogens is 3. The monoisotopic (exact) mass is 424 g/mol. The molecule has 0 fully saturated rings. The summed E-state index contributed by atoms with van der Waals surface area (Å²) in [6.45, 7) is 1.97. The molecule has 3 aromatic carbocycles. The van der Waals surface area contributed by atoms with Crippen LogP contribution >= 0.6 is 23.2 Å². The molecule has 0 saturated carbocycles. The van der Waals surface area contributed by atoms with Gasteiger partial charge < -0.3 is 0 Å². The van der Waals surface area contributed by atoms with Gasteiger partial charge in [0.05, 0.1) is 5.69 Å². The Kier molecular flexibility index (Phi) is 5.22. The van der Waals surface area contributed by atoms with Gasteiger partial charge in [-0.1, -0.05) is 53.0 Å². The number of carbonyl (C=O) groups is 1. The molecular weight excluding hydrogens is 410 g/mol. The second-order valence-corrected chi connectivity index (χ2v) is 7.46. The fourth-order valence-corrected chi connectivity index (χ4v) is 3.55. The lowest BCUT2D eigenvalue weighted by molar-refractivity contribution is -0.113. The van der Waals surface area contributed by atoms with Crippen molar-refractivity contribution in [2.45, 2.75) is 6.92 Å². The average Bonchev–Trinajstić information content (AvgIpc) is 3.01. The van der Waals surface area contributed by atoms with Crippen molar-refractivity contribution in [1.29, 1.82) is 0 Å². The number of nitrogens with zero attached hydrogens (tertiary/aromatic N) is 2. The Labute approximate surface area is 177 Å². The molecular formula is C23H15Cl2FN2O. The van der Waals surface area contributed by atoms with Crippen LogP contribution in [0, 0.1) is 12.7 Å². The van der Waals surface area contributed by atoms with Gasteiger partial charge in [0, 0.05) is 15.6 Å². The number of aliphatic imine (C=N–C) groups is 1. The van der Waals surface area contributed by atoms with Gasteiger partial charge in [0.1, 0.15) is 17.3 Å². The van der Waals surface area contributed by atoms with Gasteiger partial charge in [-0.3, -0.25) is 9.69 Å². The summed E-state index contributed by atoms with van der Waals surface area (Å²) in [5.41, 5.74) is 3.22. The lowest BCUT2D eigenvalue weighted by Crippen LogP contribution is -2.32. The first-order valence-electron chi connectivity index (χ1n) is 8.85. The van der Waals surface area contributed by atoms with Crippen molar-refractivity contribution in [2.24, 2.45) is 4.99 Å². The smallest absolute Gasteiger partial charge is 0.266 e. The predicted octanol–water partition coefficient (Wildman–Crippen LogP) is 6.28. The number of hydrogen-bond acceptors (Lipinski definition) is 2. The molecule has 29 heavy (non-hydrogen) atoms. The predicted molar refractivity (Wildman–Crippen MR) is 116 cm³/mol. The highest BCUT2D eigenvalue weighted by Crippen LogP contribution is 2.30. The lowest BCUT2D eigenvalue weighted by atomic mass is 10.1. The van der Waals surface area contributed by atoms with Crippen LogP contribution in [-0.2, 0) is 4.79 Å². The number of benzene rings is 3. The minimum atomic E-state index is -0.377. The van der Waals surface area contributed by atoms with Gasteiger partial charge >= 0.3 is 0 Å². The van der Waals surface area contributed by atoms with E-state index in [4.69, 9.17) is 23.2 Å². The second kappa shape index (κ2) is 7.82. The molecule has 144 valence electrons. The number of carbonyl (C=O) groups excluding carboxylic acids is 1. The third-order valence-corrected chi connectivity index (χ3v) is 5.04. The van der Waals surface area contributed by atoms with Crippen LogP contribution in [0.25, 0.3) is 6.08 Å². The van der Waals surface area contributed by atoms with E-state index in [9.17, 15) is 9.18 Å². The molecule has 0 atom stereocenters. The summed E-state index contributed by atoms with van der Waals surface area (Å²) in [4.78, 5) is 19.3. The van der Waals surface area contributed by atoms with E-state index >= 15 is 0 Å². The van der Waals surface area contributed by atoms with E-state index in [0.29, 0.717) is 27.1 Å². The Morgan fingerprint density at radius 3 is 2.45 bits per heavy atom. The first-order valence-corrected chi connectivity index (χ1v) is 9.60. The molecule has 0 unspecified atom stereocenters. The fourth-order valence-electron chi connectivity index (χ4n) is 3.09. The first kappa shape index (κ1) is 19.4. The van der Waals surface area contributed by atoms with Crippen molar-refractivity contribution in [3.63, 3.8) is 0 Å². The Morgan fingerprint density at radius 1 is 1.00 bits per heavy atom. The van der Waals surface area contributed by atoms with Gasteiger partial charge in [0.15, 0.2) is 0 Å². The molecule has 4 rings (SSSR count). The molecule has 0 spiro atoms. The molecule has 3 aromatic rings. The van der Waals surface area contributed by atoms with E-state index in [1.807, 2.05) is 31.2 Å². The van der Waals surface area contributed by atoms with Crippen LogP contribution < -0.4 is 4.90 Å². The minimum absolute atomic E-state index is 0.232. The van der Waals surface area contributed by atoms with E-state index in [1.165, 1.54) is 17.0 Å². The van der Waals surface area contributed by atoms with Crippen molar-refractivity contribution in [3.05, 3.63) is 105 Å². The highest BCUT2D eigenvalue weighted by Gasteiger charge is 2.32. The second-order valence-electron chi connectivity index (χ2n) is 6.62. The SMILES string of the molecule is Cc1cccc(C2=N/C(=C/c3ccc(Cl)cc3Cl)C(=O)N2c2ccc(F)cc2)c1. The maximum absolute atomic E-state index is 13.4. The molecule has 0 bridgehead atoms. The van der Waals surface area contributed by atoms with Crippen molar-refractivity contribution in [3.8, 4) is 0 Å². The molecule has 1 aliphatic heterocycles. The van der Waals surface area contributed by atoms with Crippen LogP contribution in [0.15, 0.2) is 77.4 Å². The van der Waals surface area contributed by atoms with E-state index in [2.05, 4.69) is 4.99 Å². The molecule has 0 aromatic heterocycles. The molecule has 3 nitrogen and oxygen atoms in total. The van der Waals surface area contributed by atoms with Crippen LogP contribution in [0.1, 0.15) is 16.7 Å². The van der Waals surface area contributed by atoms with Gasteiger partial charge in [-0.15, -0.1) is 0 Å². The van der Waals surface area contributed by atoms with Gasteiger partial charge in [-0.2, -0.15) is 0 Å². The summed E-state index contributed by atoms with van der Waals surface area (Å²) in [6.07, 6.45) is 1.63. The summed E-state index contributed by atoms with van der Waals surface area (Å²) in [6, 6.07) is 18.5. The molecule has 1 amide bonds. The lowest BCUT2D eigenvalue weighted by Gasteiger charge is -2.18. The Balaban J connectivity index is 1.84. The molecule has 0 saturated heterocycles. The fraction of sp³-hybridized carbons (Fsp3) is 0.0435. The largest absolute Gasteiger partial charge is 0.282 e. The van der Waals surface area contributed by atoms with Crippen LogP contribution in [0.5, 0.6) is 0 Å². The van der Waals surface area contributed by atoms with Crippen molar-refractivity contribution in [2.75, 3.05) is 4.90 Å². The summed E-state index contributed by atoms with van der Waals surface area (Å²) in [5, 5.41) is 0.928. The van der Waals surface area contributed by atoms with Gasteiger partial charge in [0.25, 0.3) is 5.91 Å². The van der Waals surface area contributed by atoms with Crippen LogP contribution in [0.3, 0.4) is 0 Å². The zero-order valence-corrected chi connectivity index (χ0v) is 16.9. The van der Waals surface area contributed by atoms with E-state index in [0.717, 1.165) is 11.1 Å². The molecule has 1 aliphatic rings. The summed E-state index contributed by atoms with van der Waals surface area (Å²) < 4.78 is 13.4. The van der Waals surface area contributed by atoms with E-state index < -0.39 is 0 Å².